The van der Waals surface area contributed by atoms with Gasteiger partial charge in [0.1, 0.15) is 34.8 Å². The van der Waals surface area contributed by atoms with Crippen molar-refractivity contribution in [3.05, 3.63) is 204 Å². The monoisotopic (exact) mass is 901 g/mol. The number of imidazole rings is 1. The van der Waals surface area contributed by atoms with Gasteiger partial charge in [0.25, 0.3) is 5.89 Å². The highest BCUT2D eigenvalue weighted by molar-refractivity contribution is 5.93. The maximum absolute atomic E-state index is 13.8. The van der Waals surface area contributed by atoms with Gasteiger partial charge in [-0.05, 0) is 71.8 Å². The Kier molecular flexibility index (Phi) is 13.8. The summed E-state index contributed by atoms with van der Waals surface area (Å²) in [4.78, 5) is 43.8. The number of amides is 2. The molecule has 0 saturated carbocycles. The van der Waals surface area contributed by atoms with E-state index < -0.39 is 23.4 Å². The summed E-state index contributed by atoms with van der Waals surface area (Å²) in [5.74, 6) is -1.91. The summed E-state index contributed by atoms with van der Waals surface area (Å²) >= 11 is 0. The summed E-state index contributed by atoms with van der Waals surface area (Å²) in [6.45, 7) is 4.41. The Bertz CT molecular complexity index is 3210. The standard InChI is InChI=1S/C26H20F2N4O.C25H17F2N3O2.C2H6/c27-19-7-3-5-16(11-19)25-26(17-6-4-8-20(28)12-17)32-23(31-25)15-30-24(33)13-18-14-29-22-10-2-1-9-21(18)22;26-18-7-3-5-15(11-18)22-23(16-6-4-8-19(27)12-16)32-25(30-22)24(31)29-14-17-13-28-21-10-2-1-9-20(17)21;1-2/h1-12,14,29H,13,15H2,(H,30,33)(H,31,32);1-13,28H,14H2,(H,29,31);1-2H3. The van der Waals surface area contributed by atoms with Crippen LogP contribution in [0.4, 0.5) is 17.6 Å². The van der Waals surface area contributed by atoms with Crippen LogP contribution in [0.1, 0.15) is 41.5 Å². The fourth-order valence-corrected chi connectivity index (χ4v) is 7.50. The molecule has 2 amide bonds. The Morgan fingerprint density at radius 1 is 0.552 bits per heavy atom. The van der Waals surface area contributed by atoms with Crippen molar-refractivity contribution in [2.45, 2.75) is 33.4 Å². The molecular formula is C53H43F4N7O3. The van der Waals surface area contributed by atoms with E-state index in [4.69, 9.17) is 4.42 Å². The second-order valence-corrected chi connectivity index (χ2v) is 15.0. The number of halogens is 4. The number of nitrogens with one attached hydrogen (secondary N) is 5. The highest BCUT2D eigenvalue weighted by Gasteiger charge is 2.23. The highest BCUT2D eigenvalue weighted by atomic mass is 19.1. The number of oxazole rings is 1. The number of carbonyl (C=O) groups is 2. The molecule has 336 valence electrons. The molecule has 10 aromatic rings. The van der Waals surface area contributed by atoms with Gasteiger partial charge in [0, 0.05) is 63.0 Å². The van der Waals surface area contributed by atoms with Gasteiger partial charge in [0.05, 0.1) is 24.4 Å². The zero-order valence-corrected chi connectivity index (χ0v) is 36.3. The first kappa shape index (κ1) is 45.1. The molecule has 0 unspecified atom stereocenters. The number of carbonyl (C=O) groups excluding carboxylic acids is 2. The van der Waals surface area contributed by atoms with E-state index >= 15 is 0 Å². The number of aromatic nitrogens is 5. The van der Waals surface area contributed by atoms with Crippen molar-refractivity contribution >= 4 is 33.6 Å². The number of nitrogens with zero attached hydrogens (tertiary/aromatic N) is 2. The van der Waals surface area contributed by atoms with Gasteiger partial charge in [-0.25, -0.2) is 27.5 Å². The van der Waals surface area contributed by atoms with Crippen LogP contribution in [-0.4, -0.2) is 36.7 Å². The second kappa shape index (κ2) is 20.5. The van der Waals surface area contributed by atoms with Crippen LogP contribution in [0.15, 0.2) is 162 Å². The molecule has 67 heavy (non-hydrogen) atoms. The molecule has 10 nitrogen and oxygen atoms in total. The number of rotatable bonds is 11. The molecular weight excluding hydrogens is 859 g/mol. The Hall–Kier alpha value is -8.52. The summed E-state index contributed by atoms with van der Waals surface area (Å²) in [5.41, 5.74) is 7.02. The molecule has 5 N–H and O–H groups in total. The Balaban J connectivity index is 0.000000175. The lowest BCUT2D eigenvalue weighted by Gasteiger charge is -2.04. The maximum atomic E-state index is 13.8. The van der Waals surface area contributed by atoms with Crippen molar-refractivity contribution in [1.82, 2.24) is 35.6 Å². The predicted molar refractivity (Wildman–Crippen MR) is 251 cm³/mol. The molecule has 0 aliphatic rings. The molecule has 0 fully saturated rings. The van der Waals surface area contributed by atoms with E-state index in [-0.39, 0.29) is 48.6 Å². The van der Waals surface area contributed by atoms with Gasteiger partial charge in [0.2, 0.25) is 5.91 Å². The van der Waals surface area contributed by atoms with Gasteiger partial charge in [0.15, 0.2) is 5.76 Å². The quantitative estimate of drug-likeness (QED) is 0.0821. The summed E-state index contributed by atoms with van der Waals surface area (Å²) in [5, 5.41) is 7.68. The first-order chi connectivity index (χ1) is 32.6. The van der Waals surface area contributed by atoms with Crippen LogP contribution in [-0.2, 0) is 24.3 Å². The smallest absolute Gasteiger partial charge is 0.307 e. The Morgan fingerprint density at radius 2 is 1.06 bits per heavy atom. The second-order valence-electron chi connectivity index (χ2n) is 15.0. The number of aromatic amines is 3. The van der Waals surface area contributed by atoms with Crippen molar-refractivity contribution in [3.63, 3.8) is 0 Å². The van der Waals surface area contributed by atoms with E-state index in [2.05, 4.69) is 35.6 Å². The summed E-state index contributed by atoms with van der Waals surface area (Å²) in [6.07, 6.45) is 3.89. The fourth-order valence-electron chi connectivity index (χ4n) is 7.50. The molecule has 0 aliphatic carbocycles. The first-order valence-electron chi connectivity index (χ1n) is 21.4. The lowest BCUT2D eigenvalue weighted by Crippen LogP contribution is -2.25. The minimum atomic E-state index is -0.532. The van der Waals surface area contributed by atoms with Crippen LogP contribution in [0.25, 0.3) is 66.9 Å². The van der Waals surface area contributed by atoms with Gasteiger partial charge < -0.3 is 30.0 Å². The van der Waals surface area contributed by atoms with Crippen LogP contribution >= 0.6 is 0 Å². The minimum Gasteiger partial charge on any atom is -0.432 e. The minimum absolute atomic E-state index is 0.152. The van der Waals surface area contributed by atoms with E-state index in [1.807, 2.05) is 74.8 Å². The normalized spacial score (nSPS) is 10.8. The molecule has 4 heterocycles. The lowest BCUT2D eigenvalue weighted by atomic mass is 10.0. The van der Waals surface area contributed by atoms with Gasteiger partial charge in [-0.2, -0.15) is 0 Å². The third kappa shape index (κ3) is 10.6. The molecule has 0 spiro atoms. The molecule has 0 saturated heterocycles. The number of H-pyrrole nitrogens is 3. The predicted octanol–water partition coefficient (Wildman–Crippen LogP) is 12.1. The summed E-state index contributed by atoms with van der Waals surface area (Å²) in [7, 11) is 0. The first-order valence-corrected chi connectivity index (χ1v) is 21.4. The molecule has 0 radical (unpaired) electrons. The average molecular weight is 902 g/mol. The van der Waals surface area contributed by atoms with E-state index in [1.54, 1.807) is 36.4 Å². The van der Waals surface area contributed by atoms with E-state index in [0.717, 1.165) is 32.9 Å². The Labute approximate surface area is 382 Å². The number of fused-ring (bicyclic) bond motifs is 2. The lowest BCUT2D eigenvalue weighted by molar-refractivity contribution is -0.120. The van der Waals surface area contributed by atoms with E-state index in [9.17, 15) is 27.2 Å². The third-order valence-corrected chi connectivity index (χ3v) is 10.6. The van der Waals surface area contributed by atoms with Gasteiger partial charge in [-0.3, -0.25) is 9.59 Å². The molecule has 14 heteroatoms. The summed E-state index contributed by atoms with van der Waals surface area (Å²) < 4.78 is 61.1. The molecule has 0 atom stereocenters. The zero-order chi connectivity index (χ0) is 46.9. The van der Waals surface area contributed by atoms with Crippen LogP contribution in [0.2, 0.25) is 0 Å². The summed E-state index contributed by atoms with van der Waals surface area (Å²) in [6, 6.07) is 39.2. The number of benzene rings is 6. The van der Waals surface area contributed by atoms with E-state index in [0.29, 0.717) is 39.5 Å². The van der Waals surface area contributed by atoms with E-state index in [1.165, 1.54) is 60.7 Å². The van der Waals surface area contributed by atoms with Crippen LogP contribution in [0.3, 0.4) is 0 Å². The fraction of sp³-hybridized carbons (Fsp3) is 0.0943. The van der Waals surface area contributed by atoms with Crippen LogP contribution in [0, 0.1) is 23.3 Å². The molecule has 10 rings (SSSR count). The maximum Gasteiger partial charge on any atom is 0.307 e. The molecule has 0 bridgehead atoms. The number of para-hydroxylation sites is 2. The molecule has 6 aromatic carbocycles. The van der Waals surface area contributed by atoms with Crippen molar-refractivity contribution < 1.29 is 31.6 Å². The topological polar surface area (TPSA) is 144 Å². The van der Waals surface area contributed by atoms with Gasteiger partial charge in [-0.1, -0.05) is 98.8 Å². The third-order valence-electron chi connectivity index (χ3n) is 10.6. The van der Waals surface area contributed by atoms with Gasteiger partial charge in [-0.15, -0.1) is 0 Å². The van der Waals surface area contributed by atoms with Crippen molar-refractivity contribution in [3.8, 4) is 45.1 Å². The number of hydrogen-bond donors (Lipinski definition) is 5. The zero-order valence-electron chi connectivity index (χ0n) is 36.3. The Morgan fingerprint density at radius 3 is 1.67 bits per heavy atom. The van der Waals surface area contributed by atoms with Gasteiger partial charge >= 0.3 is 5.91 Å². The number of hydrogen-bond acceptors (Lipinski definition) is 5. The molecule has 4 aromatic heterocycles. The largest absolute Gasteiger partial charge is 0.432 e. The molecule has 0 aliphatic heterocycles. The van der Waals surface area contributed by atoms with Crippen molar-refractivity contribution in [2.24, 2.45) is 0 Å². The van der Waals surface area contributed by atoms with Crippen LogP contribution < -0.4 is 10.6 Å². The van der Waals surface area contributed by atoms with Crippen molar-refractivity contribution in [2.75, 3.05) is 0 Å². The van der Waals surface area contributed by atoms with Crippen LogP contribution in [0.5, 0.6) is 0 Å². The highest BCUT2D eigenvalue weighted by Crippen LogP contribution is 2.34. The van der Waals surface area contributed by atoms with Crippen molar-refractivity contribution in [1.29, 1.82) is 0 Å². The SMILES string of the molecule is CC.O=C(Cc1c[nH]c2ccccc12)NCc1nc(-c2cccc(F)c2)c(-c2cccc(F)c2)[nH]1.O=C(NCc1c[nH]c2ccccc12)c1nc(-c2cccc(F)c2)c(-c2cccc(F)c2)o1. The average Bonchev–Trinajstić information content (AvgIpc) is 4.17.